The highest BCUT2D eigenvalue weighted by Gasteiger charge is 2.08. The van der Waals surface area contributed by atoms with E-state index in [0.717, 1.165) is 12.8 Å². The monoisotopic (exact) mass is 342 g/mol. The first-order chi connectivity index (χ1) is 11.6. The first kappa shape index (κ1) is 22.9. The number of ether oxygens (including phenoxy) is 2. The molecule has 0 amide bonds. The molecule has 0 unspecified atom stereocenters. The molecule has 142 valence electrons. The van der Waals surface area contributed by atoms with Crippen molar-refractivity contribution in [2.75, 3.05) is 6.61 Å². The highest BCUT2D eigenvalue weighted by Crippen LogP contribution is 2.12. The van der Waals surface area contributed by atoms with Crippen molar-refractivity contribution in [2.24, 2.45) is 0 Å². The minimum atomic E-state index is -0.313. The molecule has 0 aliphatic carbocycles. The molecule has 0 spiro atoms. The molecule has 0 aromatic carbocycles. The fraction of sp³-hybridized carbons (Fsp3) is 0.900. The van der Waals surface area contributed by atoms with Gasteiger partial charge in [0.15, 0.2) is 0 Å². The van der Waals surface area contributed by atoms with Crippen LogP contribution in [0.25, 0.3) is 0 Å². The summed E-state index contributed by atoms with van der Waals surface area (Å²) in [5, 5.41) is 0. The van der Waals surface area contributed by atoms with Crippen molar-refractivity contribution in [3.8, 4) is 0 Å². The van der Waals surface area contributed by atoms with Crippen LogP contribution in [0.2, 0.25) is 0 Å². The molecule has 0 aromatic rings. The van der Waals surface area contributed by atoms with E-state index < -0.39 is 0 Å². The van der Waals surface area contributed by atoms with E-state index >= 15 is 0 Å². The third-order valence-electron chi connectivity index (χ3n) is 3.92. The molecular weight excluding hydrogens is 304 g/mol. The summed E-state index contributed by atoms with van der Waals surface area (Å²) in [5.74, 6) is -0.518. The molecule has 0 N–H and O–H groups in total. The molecule has 0 aliphatic heterocycles. The summed E-state index contributed by atoms with van der Waals surface area (Å²) in [4.78, 5) is 22.8. The third kappa shape index (κ3) is 17.3. The number of unbranched alkanes of at least 4 members (excludes halogenated alkanes) is 10. The molecule has 0 aliphatic rings. The summed E-state index contributed by atoms with van der Waals surface area (Å²) >= 11 is 0. The summed E-state index contributed by atoms with van der Waals surface area (Å²) in [6.07, 6.45) is 14.4. The Balaban J connectivity index is 3.27. The van der Waals surface area contributed by atoms with Gasteiger partial charge in [-0.2, -0.15) is 0 Å². The van der Waals surface area contributed by atoms with Crippen LogP contribution in [0.5, 0.6) is 0 Å². The standard InChI is InChI=1S/C20H38O4/c1-4-5-6-7-8-9-10-11-12-13-14-15-19(21)23-17-16-20(22)24-18(2)3/h18H,4-17H2,1-3H3. The van der Waals surface area contributed by atoms with Crippen molar-refractivity contribution >= 4 is 11.9 Å². The zero-order valence-electron chi connectivity index (χ0n) is 16.1. The molecule has 0 aromatic heterocycles. The van der Waals surface area contributed by atoms with E-state index in [1.165, 1.54) is 57.8 Å². The molecule has 0 rings (SSSR count). The molecule has 0 saturated carbocycles. The van der Waals surface area contributed by atoms with Gasteiger partial charge in [0, 0.05) is 6.42 Å². The van der Waals surface area contributed by atoms with Crippen LogP contribution >= 0.6 is 0 Å². The second-order valence-corrected chi connectivity index (χ2v) is 6.79. The van der Waals surface area contributed by atoms with Crippen LogP contribution in [0.3, 0.4) is 0 Å². The molecule has 0 heterocycles. The summed E-state index contributed by atoms with van der Waals surface area (Å²) in [7, 11) is 0. The fourth-order valence-electron chi connectivity index (χ4n) is 2.58. The van der Waals surface area contributed by atoms with E-state index in [1.54, 1.807) is 13.8 Å². The summed E-state index contributed by atoms with van der Waals surface area (Å²) in [6.45, 7) is 5.98. The minimum absolute atomic E-state index is 0.121. The highest BCUT2D eigenvalue weighted by atomic mass is 16.6. The molecular formula is C20H38O4. The average Bonchev–Trinajstić information content (AvgIpc) is 2.52. The smallest absolute Gasteiger partial charge is 0.309 e. The minimum Gasteiger partial charge on any atom is -0.465 e. The lowest BCUT2D eigenvalue weighted by atomic mass is 10.1. The van der Waals surface area contributed by atoms with Crippen molar-refractivity contribution < 1.29 is 19.1 Å². The maximum atomic E-state index is 11.5. The lowest BCUT2D eigenvalue weighted by Gasteiger charge is -2.08. The van der Waals surface area contributed by atoms with Crippen LogP contribution in [-0.4, -0.2) is 24.6 Å². The van der Waals surface area contributed by atoms with Crippen LogP contribution in [0.1, 0.15) is 104 Å². The Hall–Kier alpha value is -1.06. The predicted molar refractivity (Wildman–Crippen MR) is 97.9 cm³/mol. The summed E-state index contributed by atoms with van der Waals surface area (Å²) < 4.78 is 10.0. The van der Waals surface area contributed by atoms with Crippen molar-refractivity contribution in [3.63, 3.8) is 0 Å². The van der Waals surface area contributed by atoms with E-state index in [0.29, 0.717) is 6.42 Å². The van der Waals surface area contributed by atoms with Crippen molar-refractivity contribution in [1.29, 1.82) is 0 Å². The van der Waals surface area contributed by atoms with Gasteiger partial charge < -0.3 is 9.47 Å². The summed E-state index contributed by atoms with van der Waals surface area (Å²) in [5.41, 5.74) is 0. The molecule has 24 heavy (non-hydrogen) atoms. The van der Waals surface area contributed by atoms with Crippen LogP contribution in [0.4, 0.5) is 0 Å². The van der Waals surface area contributed by atoms with Crippen molar-refractivity contribution in [1.82, 2.24) is 0 Å². The first-order valence-electron chi connectivity index (χ1n) is 9.91. The van der Waals surface area contributed by atoms with Crippen molar-refractivity contribution in [3.05, 3.63) is 0 Å². The molecule has 0 atom stereocenters. The lowest BCUT2D eigenvalue weighted by Crippen LogP contribution is -2.15. The fourth-order valence-corrected chi connectivity index (χ4v) is 2.58. The number of carbonyl (C=O) groups excluding carboxylic acids is 2. The Labute approximate surface area is 148 Å². The van der Waals surface area contributed by atoms with Gasteiger partial charge in [-0.1, -0.05) is 71.1 Å². The maximum absolute atomic E-state index is 11.5. The van der Waals surface area contributed by atoms with E-state index in [2.05, 4.69) is 6.92 Å². The highest BCUT2D eigenvalue weighted by molar-refractivity contribution is 5.71. The van der Waals surface area contributed by atoms with Crippen LogP contribution in [-0.2, 0) is 19.1 Å². The average molecular weight is 343 g/mol. The van der Waals surface area contributed by atoms with Gasteiger partial charge in [-0.05, 0) is 20.3 Å². The number of esters is 2. The Bertz CT molecular complexity index is 313. The Morgan fingerprint density at radius 3 is 1.71 bits per heavy atom. The van der Waals surface area contributed by atoms with Gasteiger partial charge in [-0.25, -0.2) is 0 Å². The van der Waals surface area contributed by atoms with Crippen LogP contribution in [0.15, 0.2) is 0 Å². The van der Waals surface area contributed by atoms with Gasteiger partial charge in [-0.3, -0.25) is 9.59 Å². The molecule has 0 radical (unpaired) electrons. The Morgan fingerprint density at radius 2 is 1.21 bits per heavy atom. The SMILES string of the molecule is CCCCCCCCCCCCCC(=O)OCCC(=O)OC(C)C. The topological polar surface area (TPSA) is 52.6 Å². The number of carbonyl (C=O) groups is 2. The van der Waals surface area contributed by atoms with Gasteiger partial charge in [0.05, 0.1) is 12.5 Å². The van der Waals surface area contributed by atoms with E-state index in [-0.39, 0.29) is 31.1 Å². The molecule has 0 saturated heterocycles. The zero-order chi connectivity index (χ0) is 18.0. The molecule has 0 bridgehead atoms. The number of hydrogen-bond donors (Lipinski definition) is 0. The van der Waals surface area contributed by atoms with Crippen LogP contribution < -0.4 is 0 Å². The predicted octanol–water partition coefficient (Wildman–Crippen LogP) is 5.57. The van der Waals surface area contributed by atoms with Gasteiger partial charge >= 0.3 is 11.9 Å². The lowest BCUT2D eigenvalue weighted by molar-refractivity contribution is -0.151. The quantitative estimate of drug-likeness (QED) is 0.272. The zero-order valence-corrected chi connectivity index (χ0v) is 16.1. The van der Waals surface area contributed by atoms with E-state index in [4.69, 9.17) is 9.47 Å². The van der Waals surface area contributed by atoms with Gasteiger partial charge in [0.2, 0.25) is 0 Å². The maximum Gasteiger partial charge on any atom is 0.309 e. The van der Waals surface area contributed by atoms with Gasteiger partial charge in [-0.15, -0.1) is 0 Å². The molecule has 4 nitrogen and oxygen atoms in total. The molecule has 4 heteroatoms. The second-order valence-electron chi connectivity index (χ2n) is 6.79. The molecule has 0 fully saturated rings. The normalized spacial score (nSPS) is 10.8. The number of hydrogen-bond acceptors (Lipinski definition) is 4. The second kappa shape index (κ2) is 16.8. The van der Waals surface area contributed by atoms with Crippen molar-refractivity contribution in [2.45, 2.75) is 110 Å². The largest absolute Gasteiger partial charge is 0.465 e. The first-order valence-corrected chi connectivity index (χ1v) is 9.91. The van der Waals surface area contributed by atoms with Gasteiger partial charge in [0.1, 0.15) is 6.61 Å². The summed E-state index contributed by atoms with van der Waals surface area (Å²) in [6, 6.07) is 0. The Kier molecular flexibility index (Phi) is 16.0. The Morgan fingerprint density at radius 1 is 0.708 bits per heavy atom. The van der Waals surface area contributed by atoms with Gasteiger partial charge in [0.25, 0.3) is 0 Å². The third-order valence-corrected chi connectivity index (χ3v) is 3.92. The van der Waals surface area contributed by atoms with E-state index in [1.807, 2.05) is 0 Å². The van der Waals surface area contributed by atoms with E-state index in [9.17, 15) is 9.59 Å². The number of rotatable bonds is 16. The van der Waals surface area contributed by atoms with Crippen LogP contribution in [0, 0.1) is 0 Å².